The number of rotatable bonds is 9. The van der Waals surface area contributed by atoms with Crippen LogP contribution in [0.3, 0.4) is 0 Å². The molecular formula is C23H30Cl2N4O3Si. The average molecular weight is 510 g/mol. The van der Waals surface area contributed by atoms with Gasteiger partial charge in [0.2, 0.25) is 5.91 Å². The van der Waals surface area contributed by atoms with Crippen LogP contribution in [0.5, 0.6) is 11.8 Å². The lowest BCUT2D eigenvalue weighted by Crippen LogP contribution is -2.39. The van der Waals surface area contributed by atoms with Crippen molar-refractivity contribution in [1.82, 2.24) is 19.9 Å². The van der Waals surface area contributed by atoms with Gasteiger partial charge >= 0.3 is 6.01 Å². The molecule has 0 aliphatic heterocycles. The van der Waals surface area contributed by atoms with Crippen molar-refractivity contribution < 1.29 is 14.3 Å². The zero-order valence-corrected chi connectivity index (χ0v) is 22.3. The number of aromatic nitrogens is 3. The van der Waals surface area contributed by atoms with Gasteiger partial charge < -0.3 is 14.8 Å². The smallest absolute Gasteiger partial charge is 0.306 e. The van der Waals surface area contributed by atoms with Crippen molar-refractivity contribution in [3.63, 3.8) is 0 Å². The molecule has 1 amide bonds. The van der Waals surface area contributed by atoms with Crippen LogP contribution >= 0.6 is 23.2 Å². The average Bonchev–Trinajstić information content (AvgIpc) is 3.00. The van der Waals surface area contributed by atoms with Gasteiger partial charge in [0, 0.05) is 21.6 Å². The number of pyridine rings is 1. The molecule has 3 rings (SSSR count). The molecule has 2 aromatic heterocycles. The first-order valence-corrected chi connectivity index (χ1v) is 15.2. The van der Waals surface area contributed by atoms with Crippen LogP contribution in [-0.4, -0.2) is 35.1 Å². The predicted molar refractivity (Wildman–Crippen MR) is 135 cm³/mol. The van der Waals surface area contributed by atoms with Gasteiger partial charge in [0.15, 0.2) is 5.65 Å². The predicted octanol–water partition coefficient (Wildman–Crippen LogP) is 6.21. The molecule has 2 heterocycles. The highest BCUT2D eigenvalue weighted by Gasteiger charge is 2.22. The fourth-order valence-electron chi connectivity index (χ4n) is 3.27. The Bertz CT molecular complexity index is 1140. The maximum Gasteiger partial charge on any atom is 0.306 e. The molecule has 7 nitrogen and oxygen atoms in total. The highest BCUT2D eigenvalue weighted by Crippen LogP contribution is 2.31. The van der Waals surface area contributed by atoms with Gasteiger partial charge in [0.1, 0.15) is 23.2 Å². The summed E-state index contributed by atoms with van der Waals surface area (Å²) in [6, 6.07) is 10.5. The highest BCUT2D eigenvalue weighted by molar-refractivity contribution is 6.76. The molecule has 178 valence electrons. The summed E-state index contributed by atoms with van der Waals surface area (Å²) >= 11 is 12.3. The second-order valence-corrected chi connectivity index (χ2v) is 16.1. The minimum absolute atomic E-state index is 0.0898. The third kappa shape index (κ3) is 6.69. The van der Waals surface area contributed by atoms with Crippen LogP contribution in [0.15, 0.2) is 30.3 Å². The number of hydrogen-bond acceptors (Lipinski definition) is 5. The van der Waals surface area contributed by atoms with Crippen molar-refractivity contribution in [2.75, 3.05) is 6.61 Å². The molecule has 0 saturated carbocycles. The lowest BCUT2D eigenvalue weighted by Gasteiger charge is -2.26. The molecular weight excluding hydrogens is 479 g/mol. The Morgan fingerprint density at radius 2 is 1.82 bits per heavy atom. The van der Waals surface area contributed by atoms with Crippen LogP contribution in [0.25, 0.3) is 11.2 Å². The van der Waals surface area contributed by atoms with E-state index >= 15 is 0 Å². The Hall–Kier alpha value is -2.13. The molecule has 1 N–H and O–H groups in total. The normalized spacial score (nSPS) is 12.2. The molecule has 0 aliphatic rings. The summed E-state index contributed by atoms with van der Waals surface area (Å²) in [6.07, 6.45) is 0. The molecule has 3 aromatic rings. The second kappa shape index (κ2) is 10.0. The number of ether oxygens (including phenoxy) is 2. The number of nitrogens with one attached hydrogen (secondary N) is 1. The fraction of sp³-hybridized carbons (Fsp3) is 0.435. The SMILES string of the molecule is CC(=O)NC(C)(C)c1ccc(Oc2nc3cc(Cl)c(Cl)nc3n2COCC[Si](C)(C)C)cc1. The molecule has 0 radical (unpaired) electrons. The molecule has 0 saturated heterocycles. The molecule has 1 aromatic carbocycles. The first kappa shape index (κ1) is 25.5. The number of fused-ring (bicyclic) bond motifs is 1. The lowest BCUT2D eigenvalue weighted by atomic mass is 9.94. The van der Waals surface area contributed by atoms with Gasteiger partial charge in [-0.05, 0) is 43.7 Å². The number of halogens is 2. The topological polar surface area (TPSA) is 78.3 Å². The van der Waals surface area contributed by atoms with E-state index in [2.05, 4.69) is 34.9 Å². The molecule has 0 aliphatic carbocycles. The maximum atomic E-state index is 11.5. The van der Waals surface area contributed by atoms with E-state index in [1.807, 2.05) is 38.1 Å². The number of amides is 1. The van der Waals surface area contributed by atoms with E-state index < -0.39 is 13.6 Å². The van der Waals surface area contributed by atoms with Gasteiger partial charge in [-0.25, -0.2) is 4.98 Å². The van der Waals surface area contributed by atoms with E-state index in [0.29, 0.717) is 34.6 Å². The third-order valence-electron chi connectivity index (χ3n) is 5.09. The van der Waals surface area contributed by atoms with Crippen molar-refractivity contribution in [2.45, 2.75) is 58.7 Å². The standard InChI is InChI=1S/C23H30Cl2N4O3Si/c1-15(30)28-23(2,3)16-7-9-17(10-8-16)32-22-26-19-13-18(24)20(25)27-21(19)29(22)14-31-11-12-33(4,5)6/h7-10,13H,11-12,14H2,1-6H3,(H,28,30). The monoisotopic (exact) mass is 508 g/mol. The highest BCUT2D eigenvalue weighted by atomic mass is 35.5. The maximum absolute atomic E-state index is 11.5. The van der Waals surface area contributed by atoms with Crippen LogP contribution in [0, 0.1) is 0 Å². The molecule has 0 atom stereocenters. The van der Waals surface area contributed by atoms with Crippen molar-refractivity contribution in [1.29, 1.82) is 0 Å². The summed E-state index contributed by atoms with van der Waals surface area (Å²) in [5, 5.41) is 3.46. The number of carbonyl (C=O) groups is 1. The first-order valence-electron chi connectivity index (χ1n) is 10.7. The largest absolute Gasteiger partial charge is 0.425 e. The van der Waals surface area contributed by atoms with Gasteiger partial charge in [0.25, 0.3) is 0 Å². The Labute approximate surface area is 205 Å². The quantitative estimate of drug-likeness (QED) is 0.211. The second-order valence-electron chi connectivity index (χ2n) is 9.71. The zero-order chi connectivity index (χ0) is 24.4. The van der Waals surface area contributed by atoms with E-state index in [-0.39, 0.29) is 17.8 Å². The molecule has 0 spiro atoms. The van der Waals surface area contributed by atoms with Crippen LogP contribution in [0.1, 0.15) is 26.3 Å². The number of hydrogen-bond donors (Lipinski definition) is 1. The summed E-state index contributed by atoms with van der Waals surface area (Å²) in [5.74, 6) is 0.501. The van der Waals surface area contributed by atoms with Gasteiger partial charge in [-0.1, -0.05) is 55.0 Å². The molecule has 0 bridgehead atoms. The van der Waals surface area contributed by atoms with E-state index in [4.69, 9.17) is 32.7 Å². The summed E-state index contributed by atoms with van der Waals surface area (Å²) in [5.41, 5.74) is 1.56. The van der Waals surface area contributed by atoms with E-state index in [1.165, 1.54) is 6.92 Å². The Morgan fingerprint density at radius 1 is 1.15 bits per heavy atom. The van der Waals surface area contributed by atoms with Crippen molar-refractivity contribution >= 4 is 48.3 Å². The molecule has 0 fully saturated rings. The lowest BCUT2D eigenvalue weighted by molar-refractivity contribution is -0.120. The van der Waals surface area contributed by atoms with Gasteiger partial charge in [0.05, 0.1) is 10.6 Å². The van der Waals surface area contributed by atoms with Crippen LogP contribution in [-0.2, 0) is 21.8 Å². The third-order valence-corrected chi connectivity index (χ3v) is 7.46. The van der Waals surface area contributed by atoms with E-state index in [1.54, 1.807) is 10.6 Å². The van der Waals surface area contributed by atoms with E-state index in [0.717, 1.165) is 11.6 Å². The Morgan fingerprint density at radius 3 is 2.42 bits per heavy atom. The van der Waals surface area contributed by atoms with Gasteiger partial charge in [-0.2, -0.15) is 4.98 Å². The fourth-order valence-corrected chi connectivity index (χ4v) is 4.31. The van der Waals surface area contributed by atoms with Crippen molar-refractivity contribution in [3.05, 3.63) is 46.1 Å². The minimum Gasteiger partial charge on any atom is -0.425 e. The molecule has 33 heavy (non-hydrogen) atoms. The summed E-state index contributed by atoms with van der Waals surface area (Å²) in [7, 11) is -1.22. The first-order chi connectivity index (χ1) is 15.4. The Balaban J connectivity index is 1.86. The molecule has 0 unspecified atom stereocenters. The summed E-state index contributed by atoms with van der Waals surface area (Å²) in [4.78, 5) is 20.4. The number of imidazole rings is 1. The van der Waals surface area contributed by atoms with Gasteiger partial charge in [-0.3, -0.25) is 9.36 Å². The van der Waals surface area contributed by atoms with Crippen molar-refractivity contribution in [2.24, 2.45) is 0 Å². The molecule has 10 heteroatoms. The zero-order valence-electron chi connectivity index (χ0n) is 19.8. The van der Waals surface area contributed by atoms with Crippen molar-refractivity contribution in [3.8, 4) is 11.8 Å². The number of benzene rings is 1. The van der Waals surface area contributed by atoms with E-state index in [9.17, 15) is 4.79 Å². The van der Waals surface area contributed by atoms with Crippen LogP contribution in [0.2, 0.25) is 35.9 Å². The summed E-state index contributed by atoms with van der Waals surface area (Å²) in [6.45, 7) is 13.2. The minimum atomic E-state index is -1.22. The number of carbonyl (C=O) groups excluding carboxylic acids is 1. The number of nitrogens with zero attached hydrogens (tertiary/aromatic N) is 3. The van der Waals surface area contributed by atoms with Crippen LogP contribution < -0.4 is 10.1 Å². The summed E-state index contributed by atoms with van der Waals surface area (Å²) < 4.78 is 13.8. The van der Waals surface area contributed by atoms with Crippen LogP contribution in [0.4, 0.5) is 0 Å². The Kier molecular flexibility index (Phi) is 7.73. The van der Waals surface area contributed by atoms with Gasteiger partial charge in [-0.15, -0.1) is 0 Å².